The van der Waals surface area contributed by atoms with E-state index in [1.807, 2.05) is 13.0 Å². The standard InChI is InChI=1S/C21H17BrO6/c1-11-9-18(24)28-21-15(11)5-7-17(20(21)13(3)23)27-19(25)10-26-14-4-6-16(22)12(2)8-14/h4-9H,10H2,1-3H3. The quantitative estimate of drug-likeness (QED) is 0.251. The van der Waals surface area contributed by atoms with Gasteiger partial charge in [-0.15, -0.1) is 0 Å². The zero-order valence-electron chi connectivity index (χ0n) is 15.5. The Hall–Kier alpha value is -2.93. The number of rotatable bonds is 5. The molecule has 1 aromatic heterocycles. The number of Topliss-reactive ketones (excluding diaryl/α,β-unsaturated/α-hetero) is 1. The summed E-state index contributed by atoms with van der Waals surface area (Å²) in [5.41, 5.74) is 1.20. The Morgan fingerprint density at radius 2 is 1.82 bits per heavy atom. The Morgan fingerprint density at radius 1 is 1.07 bits per heavy atom. The fourth-order valence-electron chi connectivity index (χ4n) is 2.79. The summed E-state index contributed by atoms with van der Waals surface area (Å²) in [7, 11) is 0. The Balaban J connectivity index is 1.86. The number of ketones is 1. The minimum atomic E-state index is -0.683. The molecule has 0 saturated carbocycles. The summed E-state index contributed by atoms with van der Waals surface area (Å²) < 4.78 is 16.9. The number of carbonyl (C=O) groups is 2. The first-order valence-electron chi connectivity index (χ1n) is 8.44. The molecule has 144 valence electrons. The highest BCUT2D eigenvalue weighted by molar-refractivity contribution is 9.10. The predicted molar refractivity (Wildman–Crippen MR) is 107 cm³/mol. The monoisotopic (exact) mass is 444 g/mol. The number of hydrogen-bond donors (Lipinski definition) is 0. The second-order valence-electron chi connectivity index (χ2n) is 6.29. The smallest absolute Gasteiger partial charge is 0.349 e. The molecule has 28 heavy (non-hydrogen) atoms. The zero-order chi connectivity index (χ0) is 20.4. The van der Waals surface area contributed by atoms with Gasteiger partial charge in [-0.05, 0) is 62.2 Å². The van der Waals surface area contributed by atoms with Gasteiger partial charge in [-0.1, -0.05) is 15.9 Å². The fourth-order valence-corrected chi connectivity index (χ4v) is 3.03. The number of hydrogen-bond acceptors (Lipinski definition) is 6. The summed E-state index contributed by atoms with van der Waals surface area (Å²) in [5, 5.41) is 0.603. The largest absolute Gasteiger partial charge is 0.482 e. The van der Waals surface area contributed by atoms with Crippen molar-refractivity contribution in [1.82, 2.24) is 0 Å². The predicted octanol–water partition coefficient (Wildman–Crippen LogP) is 4.36. The molecule has 0 fully saturated rings. The van der Waals surface area contributed by atoms with Crippen LogP contribution in [0, 0.1) is 13.8 Å². The highest BCUT2D eigenvalue weighted by Gasteiger charge is 2.19. The molecule has 0 bridgehead atoms. The van der Waals surface area contributed by atoms with Crippen molar-refractivity contribution in [2.75, 3.05) is 6.61 Å². The van der Waals surface area contributed by atoms with E-state index in [1.54, 1.807) is 25.1 Å². The molecular formula is C21H17BrO6. The van der Waals surface area contributed by atoms with Gasteiger partial charge < -0.3 is 13.9 Å². The Kier molecular flexibility index (Phi) is 5.65. The number of ether oxygens (including phenoxy) is 2. The van der Waals surface area contributed by atoms with Crippen molar-refractivity contribution in [3.63, 3.8) is 0 Å². The topological polar surface area (TPSA) is 82.8 Å². The third kappa shape index (κ3) is 4.14. The number of esters is 1. The maximum atomic E-state index is 12.2. The number of benzene rings is 2. The van der Waals surface area contributed by atoms with Gasteiger partial charge in [0.15, 0.2) is 18.0 Å². The molecule has 0 spiro atoms. The van der Waals surface area contributed by atoms with Crippen LogP contribution in [0.1, 0.15) is 28.4 Å². The molecule has 1 heterocycles. The van der Waals surface area contributed by atoms with E-state index >= 15 is 0 Å². The lowest BCUT2D eigenvalue weighted by molar-refractivity contribution is -0.136. The number of halogens is 1. The van der Waals surface area contributed by atoms with Gasteiger partial charge in [0, 0.05) is 15.9 Å². The highest BCUT2D eigenvalue weighted by atomic mass is 79.9. The van der Waals surface area contributed by atoms with Crippen molar-refractivity contribution >= 4 is 38.7 Å². The van der Waals surface area contributed by atoms with Gasteiger partial charge in [0.2, 0.25) is 0 Å². The summed E-state index contributed by atoms with van der Waals surface area (Å²) >= 11 is 3.39. The van der Waals surface area contributed by atoms with Crippen LogP contribution in [0.15, 0.2) is 50.1 Å². The van der Waals surface area contributed by atoms with Crippen LogP contribution in [-0.2, 0) is 4.79 Å². The molecule has 0 unspecified atom stereocenters. The van der Waals surface area contributed by atoms with E-state index in [2.05, 4.69) is 15.9 Å². The average Bonchev–Trinajstić information content (AvgIpc) is 2.62. The molecule has 3 aromatic rings. The van der Waals surface area contributed by atoms with Crippen molar-refractivity contribution in [1.29, 1.82) is 0 Å². The fraction of sp³-hybridized carbons (Fsp3) is 0.190. The number of aryl methyl sites for hydroxylation is 2. The molecule has 0 saturated heterocycles. The zero-order valence-corrected chi connectivity index (χ0v) is 17.1. The van der Waals surface area contributed by atoms with Crippen LogP contribution in [0.25, 0.3) is 11.0 Å². The van der Waals surface area contributed by atoms with Crippen LogP contribution in [0.4, 0.5) is 0 Å². The van der Waals surface area contributed by atoms with Crippen molar-refractivity contribution in [3.8, 4) is 11.5 Å². The van der Waals surface area contributed by atoms with Gasteiger partial charge in [0.05, 0.1) is 0 Å². The highest BCUT2D eigenvalue weighted by Crippen LogP contribution is 2.30. The van der Waals surface area contributed by atoms with Gasteiger partial charge >= 0.3 is 11.6 Å². The average molecular weight is 445 g/mol. The summed E-state index contributed by atoms with van der Waals surface area (Å²) in [6.45, 7) is 4.62. The summed E-state index contributed by atoms with van der Waals surface area (Å²) in [4.78, 5) is 36.1. The van der Waals surface area contributed by atoms with E-state index < -0.39 is 11.6 Å². The molecule has 0 atom stereocenters. The third-order valence-electron chi connectivity index (χ3n) is 4.14. The van der Waals surface area contributed by atoms with E-state index in [0.717, 1.165) is 10.0 Å². The van der Waals surface area contributed by atoms with Crippen molar-refractivity contribution in [2.24, 2.45) is 0 Å². The molecule has 0 aliphatic carbocycles. The van der Waals surface area contributed by atoms with Gasteiger partial charge in [-0.3, -0.25) is 4.79 Å². The summed E-state index contributed by atoms with van der Waals surface area (Å²) in [6, 6.07) is 9.81. The van der Waals surface area contributed by atoms with Crippen molar-refractivity contribution in [2.45, 2.75) is 20.8 Å². The van der Waals surface area contributed by atoms with Gasteiger partial charge in [-0.2, -0.15) is 0 Å². The lowest BCUT2D eigenvalue weighted by Gasteiger charge is -2.12. The Bertz CT molecular complexity index is 1150. The number of fused-ring (bicyclic) bond motifs is 1. The van der Waals surface area contributed by atoms with Crippen LogP contribution in [0.2, 0.25) is 0 Å². The molecule has 0 aliphatic rings. The lowest BCUT2D eigenvalue weighted by atomic mass is 10.0. The third-order valence-corrected chi connectivity index (χ3v) is 5.03. The van der Waals surface area contributed by atoms with Gasteiger partial charge in [0.1, 0.15) is 17.1 Å². The molecule has 7 heteroatoms. The first-order valence-corrected chi connectivity index (χ1v) is 9.23. The first-order chi connectivity index (χ1) is 13.3. The Labute approximate surface area is 169 Å². The summed E-state index contributed by atoms with van der Waals surface area (Å²) in [5.74, 6) is -0.525. The molecule has 0 N–H and O–H groups in total. The molecule has 6 nitrogen and oxygen atoms in total. The second-order valence-corrected chi connectivity index (χ2v) is 7.15. The maximum Gasteiger partial charge on any atom is 0.349 e. The lowest BCUT2D eigenvalue weighted by Crippen LogP contribution is -2.19. The maximum absolute atomic E-state index is 12.2. The first kappa shape index (κ1) is 19.8. The minimum Gasteiger partial charge on any atom is -0.482 e. The summed E-state index contributed by atoms with van der Waals surface area (Å²) in [6.07, 6.45) is 0. The molecule has 0 aliphatic heterocycles. The molecule has 0 radical (unpaired) electrons. The van der Waals surface area contributed by atoms with Gasteiger partial charge in [0.25, 0.3) is 0 Å². The second kappa shape index (κ2) is 7.98. The van der Waals surface area contributed by atoms with Crippen LogP contribution in [0.3, 0.4) is 0 Å². The molecule has 3 rings (SSSR count). The normalized spacial score (nSPS) is 10.7. The van der Waals surface area contributed by atoms with Crippen LogP contribution >= 0.6 is 15.9 Å². The van der Waals surface area contributed by atoms with Crippen LogP contribution < -0.4 is 15.1 Å². The van der Waals surface area contributed by atoms with Crippen molar-refractivity contribution < 1.29 is 23.5 Å². The van der Waals surface area contributed by atoms with Crippen molar-refractivity contribution in [3.05, 3.63) is 68.0 Å². The molecule has 0 amide bonds. The van der Waals surface area contributed by atoms with Crippen LogP contribution in [-0.4, -0.2) is 18.4 Å². The van der Waals surface area contributed by atoms with E-state index in [0.29, 0.717) is 16.7 Å². The van der Waals surface area contributed by atoms with Crippen LogP contribution in [0.5, 0.6) is 11.5 Å². The van der Waals surface area contributed by atoms with E-state index in [9.17, 15) is 14.4 Å². The van der Waals surface area contributed by atoms with E-state index in [1.165, 1.54) is 19.1 Å². The number of carbonyl (C=O) groups excluding carboxylic acids is 2. The molecule has 2 aromatic carbocycles. The van der Waals surface area contributed by atoms with Gasteiger partial charge in [-0.25, -0.2) is 9.59 Å². The Morgan fingerprint density at radius 3 is 2.50 bits per heavy atom. The SMILES string of the molecule is CC(=O)c1c(OC(=O)COc2ccc(Br)c(C)c2)ccc2c(C)cc(=O)oc12. The minimum absolute atomic E-state index is 0.0225. The van der Waals surface area contributed by atoms with E-state index in [-0.39, 0.29) is 29.3 Å². The molecular weight excluding hydrogens is 428 g/mol. The van der Waals surface area contributed by atoms with E-state index in [4.69, 9.17) is 13.9 Å².